The van der Waals surface area contributed by atoms with E-state index in [1.807, 2.05) is 0 Å². The SMILES string of the molecule is CO[Si](OC(C)C)(OC(C)C)c1cc(F)c(F)c(F)c1F. The van der Waals surface area contributed by atoms with E-state index in [0.717, 1.165) is 0 Å². The molecular formula is C13H18F4O3Si. The van der Waals surface area contributed by atoms with Gasteiger partial charge in [-0.25, -0.2) is 17.6 Å². The highest BCUT2D eigenvalue weighted by Crippen LogP contribution is 2.20. The Balaban J connectivity index is 3.51. The molecule has 0 radical (unpaired) electrons. The van der Waals surface area contributed by atoms with Gasteiger partial charge in [0.25, 0.3) is 0 Å². The summed E-state index contributed by atoms with van der Waals surface area (Å²) in [5, 5.41) is -0.566. The van der Waals surface area contributed by atoms with E-state index in [2.05, 4.69) is 0 Å². The van der Waals surface area contributed by atoms with E-state index in [9.17, 15) is 17.6 Å². The van der Waals surface area contributed by atoms with Crippen LogP contribution >= 0.6 is 0 Å². The van der Waals surface area contributed by atoms with Gasteiger partial charge in [0.05, 0.1) is 5.19 Å². The van der Waals surface area contributed by atoms with Gasteiger partial charge in [-0.05, 0) is 33.8 Å². The molecule has 3 nitrogen and oxygen atoms in total. The topological polar surface area (TPSA) is 27.7 Å². The lowest BCUT2D eigenvalue weighted by molar-refractivity contribution is 0.0447. The van der Waals surface area contributed by atoms with Gasteiger partial charge >= 0.3 is 8.80 Å². The van der Waals surface area contributed by atoms with Crippen LogP contribution in [0, 0.1) is 23.3 Å². The summed E-state index contributed by atoms with van der Waals surface area (Å²) in [6.45, 7) is 6.55. The van der Waals surface area contributed by atoms with Crippen LogP contribution in [0.3, 0.4) is 0 Å². The summed E-state index contributed by atoms with van der Waals surface area (Å²) < 4.78 is 70.2. The van der Waals surface area contributed by atoms with E-state index < -0.39 is 49.5 Å². The molecule has 0 saturated heterocycles. The normalized spacial score (nSPS) is 12.5. The fourth-order valence-electron chi connectivity index (χ4n) is 1.78. The van der Waals surface area contributed by atoms with Gasteiger partial charge in [-0.3, -0.25) is 0 Å². The molecule has 21 heavy (non-hydrogen) atoms. The summed E-state index contributed by atoms with van der Waals surface area (Å²) in [5.41, 5.74) is 0. The number of benzene rings is 1. The molecule has 1 rings (SSSR count). The Hall–Kier alpha value is -0.963. The monoisotopic (exact) mass is 326 g/mol. The van der Waals surface area contributed by atoms with Crippen molar-refractivity contribution in [2.24, 2.45) is 0 Å². The fourth-order valence-corrected chi connectivity index (χ4v) is 4.42. The highest BCUT2D eigenvalue weighted by Gasteiger charge is 2.48. The first-order chi connectivity index (χ1) is 9.64. The summed E-state index contributed by atoms with van der Waals surface area (Å²) in [4.78, 5) is 0. The van der Waals surface area contributed by atoms with Crippen molar-refractivity contribution in [2.45, 2.75) is 39.9 Å². The van der Waals surface area contributed by atoms with E-state index in [0.29, 0.717) is 6.07 Å². The third kappa shape index (κ3) is 3.82. The molecule has 0 aliphatic carbocycles. The Morgan fingerprint density at radius 3 is 1.71 bits per heavy atom. The van der Waals surface area contributed by atoms with Gasteiger partial charge in [-0.1, -0.05) is 0 Å². The maximum absolute atomic E-state index is 14.0. The Morgan fingerprint density at radius 2 is 1.33 bits per heavy atom. The van der Waals surface area contributed by atoms with Crippen molar-refractivity contribution in [2.75, 3.05) is 7.11 Å². The predicted molar refractivity (Wildman–Crippen MR) is 71.1 cm³/mol. The lowest BCUT2D eigenvalue weighted by Gasteiger charge is -2.32. The minimum absolute atomic E-state index is 0.453. The Labute approximate surface area is 122 Å². The van der Waals surface area contributed by atoms with Gasteiger partial charge in [0.15, 0.2) is 23.3 Å². The fraction of sp³-hybridized carbons (Fsp3) is 0.538. The summed E-state index contributed by atoms with van der Waals surface area (Å²) in [6, 6.07) is 0.522. The second-order valence-corrected chi connectivity index (χ2v) is 7.47. The first-order valence-corrected chi connectivity index (χ1v) is 8.11. The van der Waals surface area contributed by atoms with Gasteiger partial charge in [0, 0.05) is 19.3 Å². The Bertz CT molecular complexity index is 499. The van der Waals surface area contributed by atoms with Crippen LogP contribution < -0.4 is 5.19 Å². The Morgan fingerprint density at radius 1 is 0.857 bits per heavy atom. The average molecular weight is 326 g/mol. The summed E-state index contributed by atoms with van der Waals surface area (Å²) in [7, 11) is -2.73. The van der Waals surface area contributed by atoms with E-state index in [-0.39, 0.29) is 0 Å². The van der Waals surface area contributed by atoms with Crippen molar-refractivity contribution in [1.82, 2.24) is 0 Å². The first kappa shape index (κ1) is 18.1. The van der Waals surface area contributed by atoms with Crippen molar-refractivity contribution in [3.8, 4) is 0 Å². The van der Waals surface area contributed by atoms with E-state index >= 15 is 0 Å². The van der Waals surface area contributed by atoms with Crippen molar-refractivity contribution in [1.29, 1.82) is 0 Å². The number of rotatable bonds is 6. The molecule has 0 saturated carbocycles. The van der Waals surface area contributed by atoms with Gasteiger partial charge < -0.3 is 13.3 Å². The number of hydrogen-bond acceptors (Lipinski definition) is 3. The number of halogens is 4. The maximum Gasteiger partial charge on any atom is 0.540 e. The molecule has 0 spiro atoms. The molecule has 0 atom stereocenters. The predicted octanol–water partition coefficient (Wildman–Crippen LogP) is 2.89. The first-order valence-electron chi connectivity index (χ1n) is 6.38. The maximum atomic E-state index is 14.0. The lowest BCUT2D eigenvalue weighted by atomic mass is 10.3. The van der Waals surface area contributed by atoms with Crippen LogP contribution in [0.2, 0.25) is 0 Å². The van der Waals surface area contributed by atoms with E-state index in [4.69, 9.17) is 13.3 Å². The molecule has 1 aromatic rings. The molecule has 8 heteroatoms. The van der Waals surface area contributed by atoms with Gasteiger partial charge in [0.2, 0.25) is 0 Å². The van der Waals surface area contributed by atoms with Gasteiger partial charge in [-0.15, -0.1) is 0 Å². The largest absolute Gasteiger partial charge is 0.540 e. The lowest BCUT2D eigenvalue weighted by Crippen LogP contribution is -2.60. The van der Waals surface area contributed by atoms with Crippen molar-refractivity contribution >= 4 is 14.0 Å². The average Bonchev–Trinajstić information content (AvgIpc) is 2.38. The minimum Gasteiger partial charge on any atom is -0.373 e. The Kier molecular flexibility index (Phi) is 5.91. The molecule has 0 fully saturated rings. The molecule has 0 amide bonds. The second-order valence-electron chi connectivity index (χ2n) is 4.94. The van der Waals surface area contributed by atoms with Crippen LogP contribution in [-0.2, 0) is 13.3 Å². The molecule has 120 valence electrons. The molecule has 0 heterocycles. The summed E-state index contributed by atoms with van der Waals surface area (Å²) >= 11 is 0. The van der Waals surface area contributed by atoms with E-state index in [1.54, 1.807) is 27.7 Å². The highest BCUT2D eigenvalue weighted by molar-refractivity contribution is 6.75. The molecule has 0 aliphatic heterocycles. The van der Waals surface area contributed by atoms with Gasteiger partial charge in [-0.2, -0.15) is 0 Å². The van der Waals surface area contributed by atoms with Crippen molar-refractivity contribution < 1.29 is 30.8 Å². The molecule has 0 aromatic heterocycles. The standard InChI is InChI=1S/C13H18F4O3Si/c1-7(2)19-21(18-5,20-8(3)4)10-6-9(14)11(15)13(17)12(10)16/h6-8H,1-5H3. The number of hydrogen-bond donors (Lipinski definition) is 0. The van der Waals surface area contributed by atoms with Gasteiger partial charge in [0.1, 0.15) is 0 Å². The van der Waals surface area contributed by atoms with Crippen LogP contribution in [0.5, 0.6) is 0 Å². The molecule has 0 bridgehead atoms. The molecule has 1 aromatic carbocycles. The summed E-state index contributed by atoms with van der Waals surface area (Å²) in [5.74, 6) is -6.90. The van der Waals surface area contributed by atoms with Crippen LogP contribution in [0.1, 0.15) is 27.7 Å². The molecule has 0 unspecified atom stereocenters. The zero-order valence-corrected chi connectivity index (χ0v) is 13.5. The van der Waals surface area contributed by atoms with Crippen LogP contribution in [-0.4, -0.2) is 28.1 Å². The molecule has 0 aliphatic rings. The third-order valence-electron chi connectivity index (χ3n) is 2.48. The van der Waals surface area contributed by atoms with Crippen molar-refractivity contribution in [3.63, 3.8) is 0 Å². The van der Waals surface area contributed by atoms with E-state index in [1.165, 1.54) is 7.11 Å². The molecular weight excluding hydrogens is 308 g/mol. The van der Waals surface area contributed by atoms with Crippen LogP contribution in [0.25, 0.3) is 0 Å². The zero-order chi connectivity index (χ0) is 16.4. The zero-order valence-electron chi connectivity index (χ0n) is 12.5. The third-order valence-corrected chi connectivity index (χ3v) is 5.61. The minimum atomic E-state index is -3.92. The van der Waals surface area contributed by atoms with Crippen LogP contribution in [0.15, 0.2) is 6.07 Å². The quantitative estimate of drug-likeness (QED) is 0.348. The smallest absolute Gasteiger partial charge is 0.373 e. The highest BCUT2D eigenvalue weighted by atomic mass is 28.4. The summed E-state index contributed by atoms with van der Waals surface area (Å²) in [6.07, 6.45) is -0.906. The molecule has 0 N–H and O–H groups in total. The van der Waals surface area contributed by atoms with Crippen molar-refractivity contribution in [3.05, 3.63) is 29.3 Å². The van der Waals surface area contributed by atoms with Crippen LogP contribution in [0.4, 0.5) is 17.6 Å². The second kappa shape index (κ2) is 6.86.